The quantitative estimate of drug-likeness (QED) is 0.823. The third-order valence-electron chi connectivity index (χ3n) is 3.97. The van der Waals surface area contributed by atoms with E-state index in [0.717, 1.165) is 17.1 Å². The first-order valence-electron chi connectivity index (χ1n) is 6.48. The van der Waals surface area contributed by atoms with E-state index in [0.29, 0.717) is 11.5 Å². The molecule has 0 aromatic carbocycles. The van der Waals surface area contributed by atoms with Crippen molar-refractivity contribution in [1.82, 2.24) is 4.98 Å². The molecular formula is C14H23N3. The van der Waals surface area contributed by atoms with Crippen molar-refractivity contribution < 1.29 is 0 Å². The maximum Gasteiger partial charge on any atom is 0.128 e. The number of nitrogens with one attached hydrogen (secondary N) is 1. The van der Waals surface area contributed by atoms with E-state index in [2.05, 4.69) is 24.1 Å². The lowest BCUT2D eigenvalue weighted by Gasteiger charge is -2.39. The number of rotatable bonds is 2. The van der Waals surface area contributed by atoms with Gasteiger partial charge in [0.25, 0.3) is 0 Å². The number of aromatic nitrogens is 1. The van der Waals surface area contributed by atoms with Gasteiger partial charge < -0.3 is 11.1 Å². The molecule has 3 heteroatoms. The first-order valence-corrected chi connectivity index (χ1v) is 6.48. The number of hydrogen-bond acceptors (Lipinski definition) is 3. The molecule has 3 N–H and O–H groups in total. The maximum atomic E-state index is 5.91. The molecule has 0 amide bonds. The first-order chi connectivity index (χ1) is 7.99. The van der Waals surface area contributed by atoms with Crippen molar-refractivity contribution in [2.45, 2.75) is 52.5 Å². The number of nitrogen functional groups attached to an aromatic ring is 1. The second-order valence-electron chi connectivity index (χ2n) is 5.86. The average Bonchev–Trinajstić information content (AvgIpc) is 2.26. The number of nitrogens with two attached hydrogens (primary N) is 1. The van der Waals surface area contributed by atoms with Crippen LogP contribution in [0.25, 0.3) is 0 Å². The fourth-order valence-electron chi connectivity index (χ4n) is 2.56. The van der Waals surface area contributed by atoms with E-state index < -0.39 is 0 Å². The van der Waals surface area contributed by atoms with Crippen LogP contribution in [0.4, 0.5) is 11.5 Å². The van der Waals surface area contributed by atoms with Crippen LogP contribution in [0.15, 0.2) is 12.3 Å². The van der Waals surface area contributed by atoms with Gasteiger partial charge in [0.05, 0.1) is 0 Å². The molecule has 2 rings (SSSR count). The summed E-state index contributed by atoms with van der Waals surface area (Å²) in [6, 6.07) is 2.45. The number of anilines is 2. The number of pyridine rings is 1. The normalized spacial score (nSPS) is 23.4. The van der Waals surface area contributed by atoms with E-state index in [-0.39, 0.29) is 0 Å². The SMILES string of the molecule is Cc1cnc(NC2CCCCC2(C)C)cc1N. The lowest BCUT2D eigenvalue weighted by molar-refractivity contribution is 0.216. The fraction of sp³-hybridized carbons (Fsp3) is 0.643. The summed E-state index contributed by atoms with van der Waals surface area (Å²) in [4.78, 5) is 4.41. The van der Waals surface area contributed by atoms with E-state index in [1.807, 2.05) is 19.2 Å². The number of nitrogens with zero attached hydrogens (tertiary/aromatic N) is 1. The number of aryl methyl sites for hydroxylation is 1. The molecule has 0 aliphatic heterocycles. The summed E-state index contributed by atoms with van der Waals surface area (Å²) in [5.74, 6) is 0.910. The molecule has 1 unspecified atom stereocenters. The van der Waals surface area contributed by atoms with Crippen LogP contribution >= 0.6 is 0 Å². The summed E-state index contributed by atoms with van der Waals surface area (Å²) in [6.45, 7) is 6.65. The van der Waals surface area contributed by atoms with Gasteiger partial charge in [0.2, 0.25) is 0 Å². The highest BCUT2D eigenvalue weighted by molar-refractivity contribution is 5.53. The molecule has 0 saturated heterocycles. The minimum absolute atomic E-state index is 0.347. The zero-order valence-corrected chi connectivity index (χ0v) is 11.1. The van der Waals surface area contributed by atoms with Crippen LogP contribution in [-0.2, 0) is 0 Å². The average molecular weight is 233 g/mol. The molecule has 1 aliphatic carbocycles. The Labute approximate surface area is 104 Å². The van der Waals surface area contributed by atoms with E-state index in [4.69, 9.17) is 5.73 Å². The lowest BCUT2D eigenvalue weighted by Crippen LogP contribution is -2.39. The first kappa shape index (κ1) is 12.2. The molecule has 1 aromatic rings. The monoisotopic (exact) mass is 233 g/mol. The van der Waals surface area contributed by atoms with Gasteiger partial charge in [0.1, 0.15) is 5.82 Å². The third-order valence-corrected chi connectivity index (χ3v) is 3.97. The Kier molecular flexibility index (Phi) is 3.27. The van der Waals surface area contributed by atoms with Gasteiger partial charge in [0.15, 0.2) is 0 Å². The van der Waals surface area contributed by atoms with Crippen LogP contribution in [-0.4, -0.2) is 11.0 Å². The van der Waals surface area contributed by atoms with Crippen molar-refractivity contribution in [2.75, 3.05) is 11.1 Å². The van der Waals surface area contributed by atoms with Crippen LogP contribution in [0.5, 0.6) is 0 Å². The summed E-state index contributed by atoms with van der Waals surface area (Å²) in [6.07, 6.45) is 7.00. The minimum atomic E-state index is 0.347. The molecule has 1 aliphatic rings. The van der Waals surface area contributed by atoms with Gasteiger partial charge in [-0.05, 0) is 30.7 Å². The van der Waals surface area contributed by atoms with Gasteiger partial charge in [-0.25, -0.2) is 4.98 Å². The Morgan fingerprint density at radius 1 is 1.41 bits per heavy atom. The van der Waals surface area contributed by atoms with Crippen LogP contribution < -0.4 is 11.1 Å². The largest absolute Gasteiger partial charge is 0.398 e. The predicted molar refractivity (Wildman–Crippen MR) is 73.0 cm³/mol. The molecule has 0 bridgehead atoms. The van der Waals surface area contributed by atoms with Crippen LogP contribution in [0.3, 0.4) is 0 Å². The van der Waals surface area contributed by atoms with E-state index in [9.17, 15) is 0 Å². The molecular weight excluding hydrogens is 210 g/mol. The fourth-order valence-corrected chi connectivity index (χ4v) is 2.56. The zero-order chi connectivity index (χ0) is 12.5. The van der Waals surface area contributed by atoms with E-state index in [1.165, 1.54) is 25.7 Å². The van der Waals surface area contributed by atoms with Crippen molar-refractivity contribution in [3.63, 3.8) is 0 Å². The highest BCUT2D eigenvalue weighted by Crippen LogP contribution is 2.37. The molecule has 17 heavy (non-hydrogen) atoms. The summed E-state index contributed by atoms with van der Waals surface area (Å²) in [5.41, 5.74) is 8.12. The van der Waals surface area contributed by atoms with Crippen LogP contribution in [0.2, 0.25) is 0 Å². The van der Waals surface area contributed by atoms with Gasteiger partial charge in [-0.2, -0.15) is 0 Å². The minimum Gasteiger partial charge on any atom is -0.398 e. The summed E-state index contributed by atoms with van der Waals surface area (Å²) in [7, 11) is 0. The highest BCUT2D eigenvalue weighted by Gasteiger charge is 2.32. The van der Waals surface area contributed by atoms with Crippen molar-refractivity contribution in [3.8, 4) is 0 Å². The van der Waals surface area contributed by atoms with Gasteiger partial charge in [-0.3, -0.25) is 0 Å². The van der Waals surface area contributed by atoms with Crippen molar-refractivity contribution >= 4 is 11.5 Å². The van der Waals surface area contributed by atoms with E-state index in [1.54, 1.807) is 0 Å². The predicted octanol–water partition coefficient (Wildman–Crippen LogP) is 3.35. The molecule has 1 saturated carbocycles. The van der Waals surface area contributed by atoms with Crippen molar-refractivity contribution in [3.05, 3.63) is 17.8 Å². The molecule has 0 spiro atoms. The van der Waals surface area contributed by atoms with Gasteiger partial charge >= 0.3 is 0 Å². The van der Waals surface area contributed by atoms with Crippen molar-refractivity contribution in [1.29, 1.82) is 0 Å². The van der Waals surface area contributed by atoms with Crippen LogP contribution in [0.1, 0.15) is 45.1 Å². The Bertz CT molecular complexity index is 398. The summed E-state index contributed by atoms with van der Waals surface area (Å²) >= 11 is 0. The summed E-state index contributed by atoms with van der Waals surface area (Å²) in [5, 5.41) is 3.55. The molecule has 0 radical (unpaired) electrons. The standard InChI is InChI=1S/C14H23N3/c1-10-9-16-13(8-11(10)15)17-12-6-4-5-7-14(12,2)3/h8-9,12H,4-7H2,1-3H3,(H3,15,16,17). The smallest absolute Gasteiger partial charge is 0.128 e. The van der Waals surface area contributed by atoms with E-state index >= 15 is 0 Å². The van der Waals surface area contributed by atoms with Crippen molar-refractivity contribution in [2.24, 2.45) is 5.41 Å². The van der Waals surface area contributed by atoms with Gasteiger partial charge in [-0.15, -0.1) is 0 Å². The Morgan fingerprint density at radius 3 is 2.82 bits per heavy atom. The molecule has 1 atom stereocenters. The topological polar surface area (TPSA) is 50.9 Å². The Balaban J connectivity index is 2.11. The second-order valence-corrected chi connectivity index (χ2v) is 5.86. The maximum absolute atomic E-state index is 5.91. The van der Waals surface area contributed by atoms with Crippen LogP contribution in [0, 0.1) is 12.3 Å². The lowest BCUT2D eigenvalue weighted by atomic mass is 9.73. The Morgan fingerprint density at radius 2 is 2.18 bits per heavy atom. The zero-order valence-electron chi connectivity index (χ0n) is 11.1. The number of hydrogen-bond donors (Lipinski definition) is 2. The molecule has 94 valence electrons. The highest BCUT2D eigenvalue weighted by atomic mass is 15.0. The van der Waals surface area contributed by atoms with Gasteiger partial charge in [-0.1, -0.05) is 26.7 Å². The molecule has 1 heterocycles. The third kappa shape index (κ3) is 2.71. The van der Waals surface area contributed by atoms with Gasteiger partial charge in [0, 0.05) is 24.0 Å². The molecule has 1 fully saturated rings. The Hall–Kier alpha value is -1.25. The second kappa shape index (κ2) is 4.55. The molecule has 3 nitrogen and oxygen atoms in total. The summed E-state index contributed by atoms with van der Waals surface area (Å²) < 4.78 is 0. The molecule has 1 aromatic heterocycles.